The molecule has 0 aromatic rings. The molecule has 0 radical (unpaired) electrons. The first-order chi connectivity index (χ1) is 5.95. The lowest BCUT2D eigenvalue weighted by Gasteiger charge is -2.30. The van der Waals surface area contributed by atoms with Gasteiger partial charge in [0.05, 0.1) is 17.8 Å². The van der Waals surface area contributed by atoms with Crippen molar-refractivity contribution >= 4 is 25.7 Å². The lowest BCUT2D eigenvalue weighted by molar-refractivity contribution is -0.150. The number of hydrogen-bond acceptors (Lipinski definition) is 4. The van der Waals surface area contributed by atoms with Gasteiger partial charge in [-0.15, -0.1) is 0 Å². The van der Waals surface area contributed by atoms with Crippen molar-refractivity contribution in [2.75, 3.05) is 6.61 Å². The number of hydrogen-bond donors (Lipinski definition) is 0. The van der Waals surface area contributed by atoms with E-state index in [4.69, 9.17) is 15.4 Å². The van der Waals surface area contributed by atoms with Crippen LogP contribution in [0.25, 0.3) is 0 Å². The first-order valence-electron chi connectivity index (χ1n) is 4.05. The van der Waals surface area contributed by atoms with Gasteiger partial charge in [-0.3, -0.25) is 4.79 Å². The molecule has 0 bridgehead atoms. The molecule has 0 atom stereocenters. The Balaban J connectivity index is 2.38. The average Bonchev–Trinajstić information content (AvgIpc) is 1.79. The Kier molecular flexibility index (Phi) is 3.18. The minimum atomic E-state index is -3.48. The highest BCUT2D eigenvalue weighted by atomic mass is 35.7. The highest BCUT2D eigenvalue weighted by molar-refractivity contribution is 8.14. The quantitative estimate of drug-likeness (QED) is 0.530. The summed E-state index contributed by atoms with van der Waals surface area (Å²) in [4.78, 5) is 11.0. The van der Waals surface area contributed by atoms with Crippen LogP contribution in [0.15, 0.2) is 0 Å². The maximum Gasteiger partial charge on any atom is 0.309 e. The summed E-state index contributed by atoms with van der Waals surface area (Å²) >= 11 is 0. The number of carbonyl (C=O) groups is 1. The minimum absolute atomic E-state index is 0.279. The molecule has 0 unspecified atom stereocenters. The van der Waals surface area contributed by atoms with Crippen molar-refractivity contribution in [2.45, 2.75) is 25.0 Å². The van der Waals surface area contributed by atoms with Crippen molar-refractivity contribution in [3.8, 4) is 0 Å². The van der Waals surface area contributed by atoms with Crippen LogP contribution in [0, 0.1) is 5.92 Å². The molecule has 0 heterocycles. The van der Waals surface area contributed by atoms with Crippen LogP contribution in [0.3, 0.4) is 0 Å². The third kappa shape index (κ3) is 2.57. The van der Waals surface area contributed by atoms with E-state index < -0.39 is 14.3 Å². The van der Waals surface area contributed by atoms with Crippen molar-refractivity contribution in [3.63, 3.8) is 0 Å². The van der Waals surface area contributed by atoms with Crippen LogP contribution in [0.4, 0.5) is 0 Å². The molecule has 0 aliphatic heterocycles. The lowest BCUT2D eigenvalue weighted by atomic mass is 9.85. The second-order valence-electron chi connectivity index (χ2n) is 3.02. The number of rotatable bonds is 3. The average molecular weight is 227 g/mol. The van der Waals surface area contributed by atoms with E-state index in [-0.39, 0.29) is 11.9 Å². The lowest BCUT2D eigenvalue weighted by Crippen LogP contribution is -2.38. The SMILES string of the molecule is CCOC(=O)C1CC(S(=O)(=O)Cl)C1. The Labute approximate surface area is 81.6 Å². The van der Waals surface area contributed by atoms with Gasteiger partial charge in [-0.1, -0.05) is 0 Å². The van der Waals surface area contributed by atoms with Crippen molar-refractivity contribution in [2.24, 2.45) is 5.92 Å². The van der Waals surface area contributed by atoms with Crippen molar-refractivity contribution in [3.05, 3.63) is 0 Å². The van der Waals surface area contributed by atoms with Gasteiger partial charge in [0, 0.05) is 10.7 Å². The Hall–Kier alpha value is -0.290. The summed E-state index contributed by atoms with van der Waals surface area (Å²) < 4.78 is 26.2. The molecule has 76 valence electrons. The molecule has 1 fully saturated rings. The summed E-state index contributed by atoms with van der Waals surface area (Å²) in [5, 5.41) is -0.566. The smallest absolute Gasteiger partial charge is 0.309 e. The van der Waals surface area contributed by atoms with E-state index in [1.165, 1.54) is 0 Å². The molecule has 1 aliphatic rings. The predicted molar refractivity (Wildman–Crippen MR) is 47.9 cm³/mol. The molecule has 6 heteroatoms. The van der Waals surface area contributed by atoms with E-state index in [1.807, 2.05) is 0 Å². The maximum atomic E-state index is 11.0. The zero-order valence-electron chi connectivity index (χ0n) is 7.20. The summed E-state index contributed by atoms with van der Waals surface area (Å²) in [7, 11) is 1.62. The van der Waals surface area contributed by atoms with Gasteiger partial charge in [0.25, 0.3) is 0 Å². The third-order valence-corrected chi connectivity index (χ3v) is 4.05. The molecule has 0 aromatic heterocycles. The van der Waals surface area contributed by atoms with Crippen LogP contribution in [-0.2, 0) is 18.6 Å². The van der Waals surface area contributed by atoms with E-state index >= 15 is 0 Å². The fourth-order valence-electron chi connectivity index (χ4n) is 1.25. The molecule has 0 amide bonds. The van der Waals surface area contributed by atoms with Crippen LogP contribution in [0.1, 0.15) is 19.8 Å². The monoisotopic (exact) mass is 226 g/mol. The van der Waals surface area contributed by atoms with Crippen molar-refractivity contribution < 1.29 is 17.9 Å². The van der Waals surface area contributed by atoms with Crippen molar-refractivity contribution in [1.29, 1.82) is 0 Å². The normalized spacial score (nSPS) is 27.8. The summed E-state index contributed by atoms with van der Waals surface area (Å²) in [6.07, 6.45) is 0.593. The van der Waals surface area contributed by atoms with E-state index in [9.17, 15) is 13.2 Å². The van der Waals surface area contributed by atoms with E-state index in [1.54, 1.807) is 6.92 Å². The van der Waals surface area contributed by atoms with Gasteiger partial charge < -0.3 is 4.74 Å². The molecular weight excluding hydrogens is 216 g/mol. The van der Waals surface area contributed by atoms with Crippen LogP contribution in [0.2, 0.25) is 0 Å². The second kappa shape index (κ2) is 3.84. The van der Waals surface area contributed by atoms with Crippen LogP contribution >= 0.6 is 10.7 Å². The fraction of sp³-hybridized carbons (Fsp3) is 0.857. The summed E-state index contributed by atoms with van der Waals surface area (Å²) in [6, 6.07) is 0. The zero-order valence-corrected chi connectivity index (χ0v) is 8.77. The molecule has 4 nitrogen and oxygen atoms in total. The first-order valence-corrected chi connectivity index (χ1v) is 6.42. The van der Waals surface area contributed by atoms with Gasteiger partial charge in [0.2, 0.25) is 9.05 Å². The van der Waals surface area contributed by atoms with E-state index in [0.29, 0.717) is 19.4 Å². The first kappa shape index (κ1) is 10.8. The molecule has 1 aliphatic carbocycles. The molecule has 0 N–H and O–H groups in total. The minimum Gasteiger partial charge on any atom is -0.466 e. The predicted octanol–water partition coefficient (Wildman–Crippen LogP) is 0.897. The van der Waals surface area contributed by atoms with Gasteiger partial charge >= 0.3 is 5.97 Å². The Morgan fingerprint density at radius 1 is 1.54 bits per heavy atom. The Bertz CT molecular complexity index is 292. The molecule has 13 heavy (non-hydrogen) atoms. The maximum absolute atomic E-state index is 11.0. The standard InChI is InChI=1S/C7H11ClO4S/c1-2-12-7(9)5-3-6(4-5)13(8,10)11/h5-6H,2-4H2,1H3. The summed E-state index contributed by atoms with van der Waals surface area (Å²) in [6.45, 7) is 2.04. The van der Waals surface area contributed by atoms with Gasteiger partial charge in [0.1, 0.15) is 0 Å². The molecule has 0 saturated heterocycles. The third-order valence-electron chi connectivity index (χ3n) is 2.11. The van der Waals surface area contributed by atoms with Gasteiger partial charge in [-0.2, -0.15) is 0 Å². The van der Waals surface area contributed by atoms with Gasteiger partial charge in [-0.25, -0.2) is 8.42 Å². The number of esters is 1. The Morgan fingerprint density at radius 3 is 2.46 bits per heavy atom. The molecule has 0 spiro atoms. The highest BCUT2D eigenvalue weighted by Crippen LogP contribution is 2.35. The largest absolute Gasteiger partial charge is 0.466 e. The summed E-state index contributed by atoms with van der Waals surface area (Å²) in [5.41, 5.74) is 0. The van der Waals surface area contributed by atoms with Gasteiger partial charge in [0.15, 0.2) is 0 Å². The zero-order chi connectivity index (χ0) is 10.1. The highest BCUT2D eigenvalue weighted by Gasteiger charge is 2.42. The number of halogens is 1. The van der Waals surface area contributed by atoms with Crippen LogP contribution in [0.5, 0.6) is 0 Å². The molecule has 1 rings (SSSR count). The molecule has 1 saturated carbocycles. The topological polar surface area (TPSA) is 60.4 Å². The van der Waals surface area contributed by atoms with E-state index in [0.717, 1.165) is 0 Å². The number of carbonyl (C=O) groups excluding carboxylic acids is 1. The molecular formula is C7H11ClO4S. The van der Waals surface area contributed by atoms with E-state index in [2.05, 4.69) is 0 Å². The van der Waals surface area contributed by atoms with Gasteiger partial charge in [-0.05, 0) is 19.8 Å². The van der Waals surface area contributed by atoms with Crippen LogP contribution in [-0.4, -0.2) is 26.2 Å². The second-order valence-corrected chi connectivity index (χ2v) is 5.93. The summed E-state index contributed by atoms with van der Waals surface area (Å²) in [5.74, 6) is -0.599. The van der Waals surface area contributed by atoms with Crippen molar-refractivity contribution in [1.82, 2.24) is 0 Å². The Morgan fingerprint density at radius 2 is 2.08 bits per heavy atom. The fourth-order valence-corrected chi connectivity index (χ4v) is 2.61. The van der Waals surface area contributed by atoms with Crippen LogP contribution < -0.4 is 0 Å². The molecule has 0 aromatic carbocycles. The number of ether oxygens (including phenoxy) is 1.